The van der Waals surface area contributed by atoms with E-state index in [4.69, 9.17) is 0 Å². The molecule has 0 spiro atoms. The molecule has 2 rings (SSSR count). The highest BCUT2D eigenvalue weighted by Crippen LogP contribution is 2.29. The van der Waals surface area contributed by atoms with E-state index in [-0.39, 0.29) is 24.8 Å². The summed E-state index contributed by atoms with van der Waals surface area (Å²) in [6.45, 7) is 6.59. The summed E-state index contributed by atoms with van der Waals surface area (Å²) < 4.78 is 26.0. The number of amides is 1. The van der Waals surface area contributed by atoms with Gasteiger partial charge >= 0.3 is 0 Å². The zero-order chi connectivity index (χ0) is 20.0. The van der Waals surface area contributed by atoms with Gasteiger partial charge in [0.15, 0.2) is 0 Å². The SMILES string of the molecule is Cc1ccccc1CNC(=O)CCN(c1ccccc1C(C)C)S(C)(=O)=O. The maximum absolute atomic E-state index is 12.3. The average Bonchev–Trinajstić information content (AvgIpc) is 2.60. The summed E-state index contributed by atoms with van der Waals surface area (Å²) in [4.78, 5) is 12.3. The monoisotopic (exact) mass is 388 g/mol. The molecule has 2 aromatic rings. The molecular formula is C21H28N2O3S. The van der Waals surface area contributed by atoms with Crippen LogP contribution in [0.25, 0.3) is 0 Å². The van der Waals surface area contributed by atoms with Gasteiger partial charge in [0, 0.05) is 19.5 Å². The molecular weight excluding hydrogens is 360 g/mol. The lowest BCUT2D eigenvalue weighted by Gasteiger charge is -2.26. The van der Waals surface area contributed by atoms with Crippen LogP contribution in [-0.4, -0.2) is 27.1 Å². The van der Waals surface area contributed by atoms with Crippen molar-refractivity contribution in [1.29, 1.82) is 0 Å². The molecule has 0 saturated heterocycles. The molecule has 0 saturated carbocycles. The molecule has 1 N–H and O–H groups in total. The Kier molecular flexibility index (Phi) is 7.02. The fourth-order valence-electron chi connectivity index (χ4n) is 2.96. The fourth-order valence-corrected chi connectivity index (χ4v) is 3.91. The third-order valence-corrected chi connectivity index (χ3v) is 5.69. The molecule has 5 nitrogen and oxygen atoms in total. The van der Waals surface area contributed by atoms with Gasteiger partial charge in [0.1, 0.15) is 0 Å². The topological polar surface area (TPSA) is 66.5 Å². The molecule has 0 radical (unpaired) electrons. The van der Waals surface area contributed by atoms with E-state index in [1.165, 1.54) is 10.6 Å². The largest absolute Gasteiger partial charge is 0.352 e. The molecule has 0 atom stereocenters. The predicted octanol–water partition coefficient (Wildman–Crippen LogP) is 3.59. The molecule has 27 heavy (non-hydrogen) atoms. The number of aryl methyl sites for hydroxylation is 1. The normalized spacial score (nSPS) is 11.4. The molecule has 6 heteroatoms. The van der Waals surface area contributed by atoms with E-state index < -0.39 is 10.0 Å². The predicted molar refractivity (Wildman–Crippen MR) is 110 cm³/mol. The van der Waals surface area contributed by atoms with E-state index in [9.17, 15) is 13.2 Å². The number of carbonyl (C=O) groups excluding carboxylic acids is 1. The van der Waals surface area contributed by atoms with Crippen LogP contribution in [0.1, 0.15) is 42.9 Å². The number of nitrogens with one attached hydrogen (secondary N) is 1. The van der Waals surface area contributed by atoms with Crippen molar-refractivity contribution in [3.05, 3.63) is 65.2 Å². The molecule has 0 aliphatic carbocycles. The molecule has 0 unspecified atom stereocenters. The number of nitrogens with zero attached hydrogens (tertiary/aromatic N) is 1. The van der Waals surface area contributed by atoms with E-state index >= 15 is 0 Å². The number of hydrogen-bond donors (Lipinski definition) is 1. The number of hydrogen-bond acceptors (Lipinski definition) is 3. The Morgan fingerprint density at radius 3 is 2.33 bits per heavy atom. The van der Waals surface area contributed by atoms with Gasteiger partial charge < -0.3 is 5.32 Å². The number of para-hydroxylation sites is 1. The fraction of sp³-hybridized carbons (Fsp3) is 0.381. The molecule has 2 aromatic carbocycles. The first-order valence-electron chi connectivity index (χ1n) is 9.08. The van der Waals surface area contributed by atoms with Gasteiger partial charge in [-0.1, -0.05) is 56.3 Å². The lowest BCUT2D eigenvalue weighted by atomic mass is 10.0. The smallest absolute Gasteiger partial charge is 0.232 e. The van der Waals surface area contributed by atoms with E-state index in [1.807, 2.05) is 63.2 Å². The van der Waals surface area contributed by atoms with Gasteiger partial charge in [-0.05, 0) is 35.6 Å². The van der Waals surface area contributed by atoms with Crippen molar-refractivity contribution >= 4 is 21.6 Å². The van der Waals surface area contributed by atoms with Gasteiger partial charge in [0.2, 0.25) is 15.9 Å². The summed E-state index contributed by atoms with van der Waals surface area (Å²) >= 11 is 0. The van der Waals surface area contributed by atoms with Gasteiger partial charge in [-0.15, -0.1) is 0 Å². The van der Waals surface area contributed by atoms with Crippen molar-refractivity contribution in [3.8, 4) is 0 Å². The molecule has 146 valence electrons. The van der Waals surface area contributed by atoms with Crippen LogP contribution in [-0.2, 0) is 21.4 Å². The number of sulfonamides is 1. The summed E-state index contributed by atoms with van der Waals surface area (Å²) in [6, 6.07) is 15.3. The number of anilines is 1. The van der Waals surface area contributed by atoms with Crippen molar-refractivity contribution in [2.75, 3.05) is 17.1 Å². The van der Waals surface area contributed by atoms with Crippen molar-refractivity contribution in [1.82, 2.24) is 5.32 Å². The number of carbonyl (C=O) groups is 1. The highest BCUT2D eigenvalue weighted by Gasteiger charge is 2.22. The molecule has 0 aromatic heterocycles. The van der Waals surface area contributed by atoms with E-state index in [0.29, 0.717) is 12.2 Å². The maximum atomic E-state index is 12.3. The highest BCUT2D eigenvalue weighted by atomic mass is 32.2. The minimum Gasteiger partial charge on any atom is -0.352 e. The van der Waals surface area contributed by atoms with Gasteiger partial charge in [-0.3, -0.25) is 9.10 Å². The van der Waals surface area contributed by atoms with E-state index in [0.717, 1.165) is 16.7 Å². The van der Waals surface area contributed by atoms with Crippen molar-refractivity contribution in [2.45, 2.75) is 39.7 Å². The van der Waals surface area contributed by atoms with Gasteiger partial charge in [-0.25, -0.2) is 8.42 Å². The molecule has 0 fully saturated rings. The number of rotatable bonds is 8. The first-order valence-corrected chi connectivity index (χ1v) is 10.9. The summed E-state index contributed by atoms with van der Waals surface area (Å²) in [7, 11) is -3.49. The van der Waals surface area contributed by atoms with Crippen LogP contribution in [0.2, 0.25) is 0 Å². The third-order valence-electron chi connectivity index (χ3n) is 4.51. The minimum atomic E-state index is -3.49. The van der Waals surface area contributed by atoms with Crippen LogP contribution in [0.3, 0.4) is 0 Å². The van der Waals surface area contributed by atoms with E-state index in [1.54, 1.807) is 6.07 Å². The lowest BCUT2D eigenvalue weighted by molar-refractivity contribution is -0.121. The first-order chi connectivity index (χ1) is 12.7. The Labute approximate surface area is 162 Å². The second-order valence-corrected chi connectivity index (χ2v) is 8.91. The number of benzene rings is 2. The van der Waals surface area contributed by atoms with Gasteiger partial charge in [-0.2, -0.15) is 0 Å². The van der Waals surface area contributed by atoms with Crippen LogP contribution in [0.15, 0.2) is 48.5 Å². The average molecular weight is 389 g/mol. The molecule has 0 heterocycles. The van der Waals surface area contributed by atoms with Crippen LogP contribution in [0.4, 0.5) is 5.69 Å². The summed E-state index contributed by atoms with van der Waals surface area (Å²) in [5.74, 6) is 0.00858. The Bertz CT molecular complexity index is 892. The maximum Gasteiger partial charge on any atom is 0.232 e. The van der Waals surface area contributed by atoms with Crippen LogP contribution < -0.4 is 9.62 Å². The Balaban J connectivity index is 2.08. The molecule has 0 bridgehead atoms. The van der Waals surface area contributed by atoms with Crippen LogP contribution in [0, 0.1) is 6.92 Å². The zero-order valence-electron chi connectivity index (χ0n) is 16.4. The van der Waals surface area contributed by atoms with Gasteiger partial charge in [0.25, 0.3) is 0 Å². The highest BCUT2D eigenvalue weighted by molar-refractivity contribution is 7.92. The minimum absolute atomic E-state index is 0.103. The summed E-state index contributed by atoms with van der Waals surface area (Å²) in [6.07, 6.45) is 1.28. The summed E-state index contributed by atoms with van der Waals surface area (Å²) in [5.41, 5.74) is 3.75. The quantitative estimate of drug-likeness (QED) is 0.751. The van der Waals surface area contributed by atoms with E-state index in [2.05, 4.69) is 5.32 Å². The van der Waals surface area contributed by atoms with Crippen molar-refractivity contribution in [3.63, 3.8) is 0 Å². The first kappa shape index (κ1) is 21.0. The second-order valence-electron chi connectivity index (χ2n) is 7.00. The van der Waals surface area contributed by atoms with Crippen molar-refractivity contribution in [2.24, 2.45) is 0 Å². The Morgan fingerprint density at radius 2 is 1.70 bits per heavy atom. The lowest BCUT2D eigenvalue weighted by Crippen LogP contribution is -2.35. The third kappa shape index (κ3) is 5.82. The standard InChI is InChI=1S/C21H28N2O3S/c1-16(2)19-11-7-8-12-20(19)23(27(4,25)26)14-13-21(24)22-15-18-10-6-5-9-17(18)3/h5-12,16H,13-15H2,1-4H3,(H,22,24). The molecule has 0 aliphatic rings. The Morgan fingerprint density at radius 1 is 1.07 bits per heavy atom. The van der Waals surface area contributed by atoms with Crippen LogP contribution in [0.5, 0.6) is 0 Å². The van der Waals surface area contributed by atoms with Crippen LogP contribution >= 0.6 is 0 Å². The molecule has 1 amide bonds. The Hall–Kier alpha value is -2.34. The zero-order valence-corrected chi connectivity index (χ0v) is 17.2. The van der Waals surface area contributed by atoms with Gasteiger partial charge in [0.05, 0.1) is 11.9 Å². The molecule has 0 aliphatic heterocycles. The summed E-state index contributed by atoms with van der Waals surface area (Å²) in [5, 5.41) is 2.88. The van der Waals surface area contributed by atoms with Crippen molar-refractivity contribution < 1.29 is 13.2 Å². The second kappa shape index (κ2) is 9.04.